The average molecular weight is 284 g/mol. The molecule has 0 aliphatic heterocycles. The molecule has 0 saturated carbocycles. The normalized spacial score (nSPS) is 12.1. The fourth-order valence-electron chi connectivity index (χ4n) is 0.581. The molecule has 0 amide bonds. The van der Waals surface area contributed by atoms with Crippen molar-refractivity contribution in [2.45, 2.75) is 8.42 Å². The van der Waals surface area contributed by atoms with Crippen LogP contribution in [-0.4, -0.2) is 77.3 Å². The molecule has 0 aliphatic carbocycles. The summed E-state index contributed by atoms with van der Waals surface area (Å²) in [5, 5.41) is 0. The van der Waals surface area contributed by atoms with E-state index in [9.17, 15) is 16.8 Å². The Morgan fingerprint density at radius 1 is 0.929 bits per heavy atom. The van der Waals surface area contributed by atoms with Gasteiger partial charge in [-0.2, -0.15) is 16.8 Å². The molecule has 6 nitrogen and oxygen atoms in total. The minimum absolute atomic E-state index is 0. The van der Waals surface area contributed by atoms with Crippen molar-refractivity contribution >= 4 is 83.0 Å². The van der Waals surface area contributed by atoms with Crippen LogP contribution >= 0.6 is 11.3 Å². The molecule has 1 aromatic rings. The van der Waals surface area contributed by atoms with Crippen LogP contribution in [0, 0.1) is 0 Å². The second-order valence-corrected chi connectivity index (χ2v) is 6.40. The third kappa shape index (κ3) is 3.96. The zero-order chi connectivity index (χ0) is 10.3. The van der Waals surface area contributed by atoms with Crippen molar-refractivity contribution in [2.75, 3.05) is 0 Å². The van der Waals surface area contributed by atoms with Gasteiger partial charge in [-0.1, -0.05) is 0 Å². The third-order valence-electron chi connectivity index (χ3n) is 1.07. The molecule has 0 aromatic carbocycles. The van der Waals surface area contributed by atoms with E-state index in [1.807, 2.05) is 0 Å². The summed E-state index contributed by atoms with van der Waals surface area (Å²) < 4.78 is 57.7. The molecule has 14 heavy (non-hydrogen) atoms. The number of hydrogen-bond acceptors (Lipinski definition) is 5. The van der Waals surface area contributed by atoms with E-state index in [4.69, 9.17) is 9.11 Å². The standard InChI is InChI=1S/C4H4O6S3.K.H/c5-12(6,7)3-1-2-4(11-3)13(8,9)10;;/h1-2H,(H,5,6,7)(H,8,9,10);;. The molecule has 1 aromatic heterocycles. The van der Waals surface area contributed by atoms with E-state index in [0.29, 0.717) is 0 Å². The van der Waals surface area contributed by atoms with E-state index >= 15 is 0 Å². The van der Waals surface area contributed by atoms with Crippen LogP contribution in [0.2, 0.25) is 0 Å². The molecule has 1 heterocycles. The Morgan fingerprint density at radius 2 is 1.21 bits per heavy atom. The van der Waals surface area contributed by atoms with Crippen molar-refractivity contribution in [1.29, 1.82) is 0 Å². The Bertz CT molecular complexity index is 465. The van der Waals surface area contributed by atoms with E-state index in [2.05, 4.69) is 0 Å². The summed E-state index contributed by atoms with van der Waals surface area (Å²) in [6, 6.07) is 1.78. The van der Waals surface area contributed by atoms with Gasteiger partial charge < -0.3 is 0 Å². The van der Waals surface area contributed by atoms with Crippen molar-refractivity contribution in [3.8, 4) is 0 Å². The van der Waals surface area contributed by atoms with Crippen LogP contribution < -0.4 is 0 Å². The molecule has 0 atom stereocenters. The Labute approximate surface area is 127 Å². The predicted molar refractivity (Wildman–Crippen MR) is 51.1 cm³/mol. The van der Waals surface area contributed by atoms with Gasteiger partial charge in [0.1, 0.15) is 8.42 Å². The zero-order valence-electron chi connectivity index (χ0n) is 5.91. The first-order valence-electron chi connectivity index (χ1n) is 2.76. The van der Waals surface area contributed by atoms with Crippen LogP contribution in [-0.2, 0) is 20.2 Å². The summed E-state index contributed by atoms with van der Waals surface area (Å²) in [5.74, 6) is 0. The van der Waals surface area contributed by atoms with E-state index in [1.165, 1.54) is 0 Å². The SMILES string of the molecule is O=S(=O)(O)c1ccc(S(=O)(=O)O)s1.[KH]. The van der Waals surface area contributed by atoms with E-state index < -0.39 is 28.7 Å². The number of rotatable bonds is 2. The molecule has 10 heteroatoms. The fourth-order valence-corrected chi connectivity index (χ4v) is 3.07. The molecule has 0 spiro atoms. The Morgan fingerprint density at radius 3 is 1.36 bits per heavy atom. The van der Waals surface area contributed by atoms with Crippen molar-refractivity contribution in [3.63, 3.8) is 0 Å². The van der Waals surface area contributed by atoms with Crippen molar-refractivity contribution in [1.82, 2.24) is 0 Å². The topological polar surface area (TPSA) is 109 Å². The molecule has 0 bridgehead atoms. The maximum atomic E-state index is 10.5. The first-order chi connectivity index (χ1) is 5.71. The van der Waals surface area contributed by atoms with E-state index in [1.54, 1.807) is 0 Å². The molecule has 0 unspecified atom stereocenters. The molecule has 0 saturated heterocycles. The van der Waals surface area contributed by atoms with Crippen molar-refractivity contribution < 1.29 is 25.9 Å². The molecular weight excluding hydrogens is 279 g/mol. The maximum absolute atomic E-state index is 10.5. The Balaban J connectivity index is 0.00000169. The van der Waals surface area contributed by atoms with Crippen LogP contribution in [0.3, 0.4) is 0 Å². The Kier molecular flexibility index (Phi) is 5.40. The van der Waals surface area contributed by atoms with Gasteiger partial charge in [0, 0.05) is 0 Å². The van der Waals surface area contributed by atoms with E-state index in [-0.39, 0.29) is 62.7 Å². The summed E-state index contributed by atoms with van der Waals surface area (Å²) in [7, 11) is -8.80. The van der Waals surface area contributed by atoms with Crippen LogP contribution in [0.5, 0.6) is 0 Å². The monoisotopic (exact) mass is 284 g/mol. The molecule has 76 valence electrons. The van der Waals surface area contributed by atoms with Gasteiger partial charge in [0.05, 0.1) is 0 Å². The van der Waals surface area contributed by atoms with Gasteiger partial charge in [-0.15, -0.1) is 11.3 Å². The van der Waals surface area contributed by atoms with Gasteiger partial charge in [0.15, 0.2) is 0 Å². The molecule has 1 rings (SSSR count). The third-order valence-corrected chi connectivity index (χ3v) is 4.79. The van der Waals surface area contributed by atoms with Crippen molar-refractivity contribution in [3.05, 3.63) is 12.1 Å². The van der Waals surface area contributed by atoms with Crippen LogP contribution in [0.1, 0.15) is 0 Å². The summed E-state index contributed by atoms with van der Waals surface area (Å²) in [4.78, 5) is 0. The summed E-state index contributed by atoms with van der Waals surface area (Å²) >= 11 is 0.271. The van der Waals surface area contributed by atoms with Crippen LogP contribution in [0.4, 0.5) is 0 Å². The van der Waals surface area contributed by atoms with Crippen LogP contribution in [0.15, 0.2) is 20.6 Å². The second kappa shape index (κ2) is 4.99. The van der Waals surface area contributed by atoms with Gasteiger partial charge >= 0.3 is 71.6 Å². The summed E-state index contributed by atoms with van der Waals surface area (Å²) in [5.41, 5.74) is 0. The molecule has 0 fully saturated rings. The fraction of sp³-hybridized carbons (Fsp3) is 0. The second-order valence-electron chi connectivity index (χ2n) is 2.02. The predicted octanol–water partition coefficient (Wildman–Crippen LogP) is -0.407. The van der Waals surface area contributed by atoms with E-state index in [0.717, 1.165) is 12.1 Å². The van der Waals surface area contributed by atoms with Crippen LogP contribution in [0.25, 0.3) is 0 Å². The van der Waals surface area contributed by atoms with Crippen molar-refractivity contribution in [2.24, 2.45) is 0 Å². The van der Waals surface area contributed by atoms with Gasteiger partial charge in [-0.25, -0.2) is 0 Å². The average Bonchev–Trinajstić information content (AvgIpc) is 2.28. The zero-order valence-corrected chi connectivity index (χ0v) is 8.36. The molecule has 0 radical (unpaired) electrons. The first-order valence-corrected chi connectivity index (χ1v) is 6.46. The summed E-state index contributed by atoms with van der Waals surface area (Å²) in [6.07, 6.45) is 0. The van der Waals surface area contributed by atoms with Gasteiger partial charge in [-0.05, 0) is 12.1 Å². The number of thiophene rings is 1. The molecule has 0 aliphatic rings. The minimum atomic E-state index is -4.40. The molecular formula is C4H5KO6S3. The van der Waals surface area contributed by atoms with Gasteiger partial charge in [-0.3, -0.25) is 9.11 Å². The van der Waals surface area contributed by atoms with Gasteiger partial charge in [0.2, 0.25) is 0 Å². The Hall–Kier alpha value is 1.16. The van der Waals surface area contributed by atoms with Gasteiger partial charge in [0.25, 0.3) is 0 Å². The number of hydrogen-bond donors (Lipinski definition) is 2. The summed E-state index contributed by atoms with van der Waals surface area (Å²) in [6.45, 7) is 0. The first kappa shape index (κ1) is 15.2. The molecule has 2 N–H and O–H groups in total. The quantitative estimate of drug-likeness (QED) is 0.564.